The Labute approximate surface area is 108 Å². The van der Waals surface area contributed by atoms with E-state index >= 15 is 0 Å². The Hall–Kier alpha value is -0.940. The summed E-state index contributed by atoms with van der Waals surface area (Å²) in [4.78, 5) is 11.7. The van der Waals surface area contributed by atoms with Crippen molar-refractivity contribution in [3.8, 4) is 0 Å². The van der Waals surface area contributed by atoms with Gasteiger partial charge in [0.25, 0.3) is 0 Å². The number of carbonyl (C=O) groups is 1. The molecule has 0 bridgehead atoms. The minimum atomic E-state index is -0.327. The van der Waals surface area contributed by atoms with Gasteiger partial charge in [-0.05, 0) is 53.5 Å². The Balaban J connectivity index is 1.93. The van der Waals surface area contributed by atoms with E-state index in [0.717, 1.165) is 19.4 Å². The maximum absolute atomic E-state index is 12.9. The third kappa shape index (κ3) is 3.51. The maximum atomic E-state index is 12.9. The third-order valence-corrected chi connectivity index (χ3v) is 3.46. The molecule has 1 saturated heterocycles. The van der Waals surface area contributed by atoms with E-state index in [9.17, 15) is 9.18 Å². The van der Waals surface area contributed by atoms with E-state index in [1.54, 1.807) is 6.07 Å². The van der Waals surface area contributed by atoms with Crippen molar-refractivity contribution < 1.29 is 9.18 Å². The fraction of sp³-hybridized carbons (Fsp3) is 0.417. The smallest absolute Gasteiger partial charge is 0.225 e. The second-order valence-corrected chi connectivity index (χ2v) is 5.02. The molecule has 3 nitrogen and oxygen atoms in total. The van der Waals surface area contributed by atoms with Crippen molar-refractivity contribution in [2.75, 3.05) is 11.9 Å². The van der Waals surface area contributed by atoms with Gasteiger partial charge in [0.2, 0.25) is 5.91 Å². The molecular weight excluding hydrogens is 287 g/mol. The molecule has 0 aliphatic carbocycles. The van der Waals surface area contributed by atoms with Crippen LogP contribution in [0.3, 0.4) is 0 Å². The third-order valence-electron chi connectivity index (χ3n) is 2.80. The number of anilines is 1. The Morgan fingerprint density at radius 3 is 3.06 bits per heavy atom. The quantitative estimate of drug-likeness (QED) is 0.901. The first-order valence-electron chi connectivity index (χ1n) is 5.63. The van der Waals surface area contributed by atoms with E-state index in [-0.39, 0.29) is 17.8 Å². The first kappa shape index (κ1) is 12.5. The van der Waals surface area contributed by atoms with E-state index in [1.807, 2.05) is 0 Å². The second kappa shape index (κ2) is 5.60. The lowest BCUT2D eigenvalue weighted by atomic mass is 10.1. The normalized spacial score (nSPS) is 19.3. The van der Waals surface area contributed by atoms with E-state index in [4.69, 9.17) is 0 Å². The van der Waals surface area contributed by atoms with Crippen molar-refractivity contribution >= 4 is 27.5 Å². The number of benzene rings is 1. The van der Waals surface area contributed by atoms with Gasteiger partial charge in [0.1, 0.15) is 5.82 Å². The molecule has 1 aromatic rings. The van der Waals surface area contributed by atoms with Gasteiger partial charge >= 0.3 is 0 Å². The van der Waals surface area contributed by atoms with Crippen molar-refractivity contribution in [3.05, 3.63) is 28.5 Å². The lowest BCUT2D eigenvalue weighted by Crippen LogP contribution is -2.27. The summed E-state index contributed by atoms with van der Waals surface area (Å²) in [6.07, 6.45) is 2.63. The molecule has 2 rings (SSSR count). The fourth-order valence-corrected chi connectivity index (χ4v) is 2.40. The molecule has 92 valence electrons. The van der Waals surface area contributed by atoms with Crippen molar-refractivity contribution in [1.82, 2.24) is 5.32 Å². The molecule has 1 aliphatic heterocycles. The summed E-state index contributed by atoms with van der Waals surface area (Å²) < 4.78 is 13.4. The van der Waals surface area contributed by atoms with Crippen LogP contribution in [0, 0.1) is 5.82 Å². The zero-order valence-corrected chi connectivity index (χ0v) is 10.9. The maximum Gasteiger partial charge on any atom is 0.225 e. The molecule has 1 fully saturated rings. The zero-order chi connectivity index (χ0) is 12.3. The number of amides is 1. The van der Waals surface area contributed by atoms with Crippen LogP contribution >= 0.6 is 15.9 Å². The van der Waals surface area contributed by atoms with E-state index in [1.165, 1.54) is 12.1 Å². The highest BCUT2D eigenvalue weighted by molar-refractivity contribution is 9.10. The largest absolute Gasteiger partial charge is 0.325 e. The number of hydrogen-bond acceptors (Lipinski definition) is 2. The summed E-state index contributed by atoms with van der Waals surface area (Å²) >= 11 is 3.22. The van der Waals surface area contributed by atoms with Crippen LogP contribution in [0.25, 0.3) is 0 Å². The van der Waals surface area contributed by atoms with Gasteiger partial charge in [0, 0.05) is 16.9 Å². The minimum absolute atomic E-state index is 0.0447. The molecule has 0 aromatic heterocycles. The van der Waals surface area contributed by atoms with E-state index in [2.05, 4.69) is 26.6 Å². The minimum Gasteiger partial charge on any atom is -0.325 e. The van der Waals surface area contributed by atoms with Gasteiger partial charge in [-0.15, -0.1) is 0 Å². The summed E-state index contributed by atoms with van der Waals surface area (Å²) in [6.45, 7) is 0.984. The van der Waals surface area contributed by atoms with Crippen molar-refractivity contribution in [1.29, 1.82) is 0 Å². The van der Waals surface area contributed by atoms with Gasteiger partial charge in [0.15, 0.2) is 0 Å². The van der Waals surface area contributed by atoms with Crippen LogP contribution in [0.2, 0.25) is 0 Å². The van der Waals surface area contributed by atoms with Crippen LogP contribution in [0.15, 0.2) is 22.7 Å². The highest BCUT2D eigenvalue weighted by Gasteiger charge is 2.18. The molecule has 2 N–H and O–H groups in total. The lowest BCUT2D eigenvalue weighted by molar-refractivity contribution is -0.116. The molecule has 17 heavy (non-hydrogen) atoms. The predicted molar refractivity (Wildman–Crippen MR) is 68.4 cm³/mol. The summed E-state index contributed by atoms with van der Waals surface area (Å²) in [6, 6.07) is 4.49. The number of rotatable bonds is 3. The van der Waals surface area contributed by atoms with Gasteiger partial charge in [-0.3, -0.25) is 4.79 Å². The molecule has 0 spiro atoms. The fourth-order valence-electron chi connectivity index (χ4n) is 1.95. The van der Waals surface area contributed by atoms with Crippen LogP contribution in [0.4, 0.5) is 10.1 Å². The number of halogens is 2. The standard InChI is InChI=1S/C12H14BrFN2O/c13-10-6-8(14)3-4-11(10)16-12(17)7-9-2-1-5-15-9/h3-4,6,9,15H,1-2,5,7H2,(H,16,17). The number of hydrogen-bond donors (Lipinski definition) is 2. The van der Waals surface area contributed by atoms with Crippen LogP contribution in [0.1, 0.15) is 19.3 Å². The van der Waals surface area contributed by atoms with E-state index in [0.29, 0.717) is 16.6 Å². The van der Waals surface area contributed by atoms with Crippen LogP contribution in [0.5, 0.6) is 0 Å². The molecule has 0 radical (unpaired) electrons. The first-order valence-corrected chi connectivity index (χ1v) is 6.43. The molecule has 1 aliphatic rings. The summed E-state index contributed by atoms with van der Waals surface area (Å²) in [7, 11) is 0. The Morgan fingerprint density at radius 1 is 1.59 bits per heavy atom. The van der Waals surface area contributed by atoms with Crippen molar-refractivity contribution in [3.63, 3.8) is 0 Å². The van der Waals surface area contributed by atoms with Gasteiger partial charge < -0.3 is 10.6 Å². The van der Waals surface area contributed by atoms with Crippen molar-refractivity contribution in [2.24, 2.45) is 0 Å². The second-order valence-electron chi connectivity index (χ2n) is 4.17. The van der Waals surface area contributed by atoms with Crippen LogP contribution in [-0.4, -0.2) is 18.5 Å². The SMILES string of the molecule is O=C(CC1CCCN1)Nc1ccc(F)cc1Br. The first-order chi connectivity index (χ1) is 8.15. The molecule has 0 saturated carbocycles. The Kier molecular flexibility index (Phi) is 4.12. The van der Waals surface area contributed by atoms with Gasteiger partial charge in [0.05, 0.1) is 5.69 Å². The van der Waals surface area contributed by atoms with Gasteiger partial charge in [-0.25, -0.2) is 4.39 Å². The number of carbonyl (C=O) groups excluding carboxylic acids is 1. The van der Waals surface area contributed by atoms with E-state index < -0.39 is 0 Å². The lowest BCUT2D eigenvalue weighted by Gasteiger charge is -2.11. The number of nitrogens with one attached hydrogen (secondary N) is 2. The van der Waals surface area contributed by atoms with Crippen LogP contribution < -0.4 is 10.6 Å². The molecule has 1 amide bonds. The van der Waals surface area contributed by atoms with Crippen molar-refractivity contribution in [2.45, 2.75) is 25.3 Å². The highest BCUT2D eigenvalue weighted by Crippen LogP contribution is 2.23. The summed E-state index contributed by atoms with van der Waals surface area (Å²) in [5.41, 5.74) is 0.606. The summed E-state index contributed by atoms with van der Waals surface area (Å²) in [5.74, 6) is -0.371. The molecular formula is C12H14BrFN2O. The molecule has 1 atom stereocenters. The molecule has 1 heterocycles. The average Bonchev–Trinajstić information content (AvgIpc) is 2.75. The highest BCUT2D eigenvalue weighted by atomic mass is 79.9. The Morgan fingerprint density at radius 2 is 2.41 bits per heavy atom. The summed E-state index contributed by atoms with van der Waals surface area (Å²) in [5, 5.41) is 6.04. The van der Waals surface area contributed by atoms with Gasteiger partial charge in [-0.1, -0.05) is 0 Å². The molecule has 1 unspecified atom stereocenters. The average molecular weight is 301 g/mol. The topological polar surface area (TPSA) is 41.1 Å². The molecule has 1 aromatic carbocycles. The van der Waals surface area contributed by atoms with Gasteiger partial charge in [-0.2, -0.15) is 0 Å². The monoisotopic (exact) mass is 300 g/mol. The van der Waals surface area contributed by atoms with Crippen LogP contribution in [-0.2, 0) is 4.79 Å². The zero-order valence-electron chi connectivity index (χ0n) is 9.30. The Bertz CT molecular complexity index is 419. The molecule has 5 heteroatoms. The predicted octanol–water partition coefficient (Wildman–Crippen LogP) is 2.67.